The molecule has 1 aliphatic heterocycles. The Balaban J connectivity index is 2.33. The monoisotopic (exact) mass is 248 g/mol. The molecule has 16 heavy (non-hydrogen) atoms. The fraction of sp³-hybridized carbons (Fsp3) is 1.00. The molecule has 0 aliphatic carbocycles. The lowest BCUT2D eigenvalue weighted by Crippen LogP contribution is -2.46. The van der Waals surface area contributed by atoms with Crippen LogP contribution in [0.4, 0.5) is 0 Å². The van der Waals surface area contributed by atoms with Crippen LogP contribution in [0.25, 0.3) is 0 Å². The number of hydrogen-bond donors (Lipinski definition) is 1. The third kappa shape index (κ3) is 5.39. The summed E-state index contributed by atoms with van der Waals surface area (Å²) in [7, 11) is -0.881. The number of nitrogens with zero attached hydrogens (tertiary/aromatic N) is 1. The van der Waals surface area contributed by atoms with Gasteiger partial charge < -0.3 is 10.5 Å². The predicted molar refractivity (Wildman–Crippen MR) is 68.0 cm³/mol. The zero-order chi connectivity index (χ0) is 12.2. The van der Waals surface area contributed by atoms with Crippen LogP contribution in [0, 0.1) is 0 Å². The molecule has 2 atom stereocenters. The standard InChI is InChI=1S/C11H24N2O2S/c1-4-13-5-6-15-10(7-13)8-16(14)9-11(2,3)12/h10H,4-9,12H2,1-3H3. The molecule has 1 fully saturated rings. The van der Waals surface area contributed by atoms with Gasteiger partial charge in [-0.3, -0.25) is 9.11 Å². The minimum atomic E-state index is -0.881. The average Bonchev–Trinajstić information content (AvgIpc) is 2.15. The zero-order valence-electron chi connectivity index (χ0n) is 10.6. The fourth-order valence-corrected chi connectivity index (χ4v) is 3.41. The predicted octanol–water partition coefficient (Wildman–Crippen LogP) is 0.193. The van der Waals surface area contributed by atoms with Crippen LogP contribution in [0.3, 0.4) is 0 Å². The van der Waals surface area contributed by atoms with Crippen molar-refractivity contribution in [1.82, 2.24) is 4.90 Å². The van der Waals surface area contributed by atoms with Crippen molar-refractivity contribution in [2.24, 2.45) is 5.73 Å². The van der Waals surface area contributed by atoms with Gasteiger partial charge in [0.2, 0.25) is 0 Å². The van der Waals surface area contributed by atoms with E-state index in [-0.39, 0.29) is 11.6 Å². The molecule has 1 saturated heterocycles. The van der Waals surface area contributed by atoms with E-state index in [4.69, 9.17) is 10.5 Å². The molecule has 1 heterocycles. The molecule has 2 unspecified atom stereocenters. The van der Waals surface area contributed by atoms with Gasteiger partial charge >= 0.3 is 0 Å². The molecule has 1 rings (SSSR count). The molecule has 0 aromatic carbocycles. The van der Waals surface area contributed by atoms with E-state index < -0.39 is 10.8 Å². The van der Waals surface area contributed by atoms with Crippen LogP contribution in [0.15, 0.2) is 0 Å². The van der Waals surface area contributed by atoms with Crippen molar-refractivity contribution < 1.29 is 8.95 Å². The molecule has 0 aromatic rings. The van der Waals surface area contributed by atoms with Crippen molar-refractivity contribution in [3.8, 4) is 0 Å². The lowest BCUT2D eigenvalue weighted by atomic mass is 10.1. The second-order valence-electron chi connectivity index (χ2n) is 5.13. The molecule has 1 aliphatic rings. The third-order valence-corrected chi connectivity index (χ3v) is 4.38. The topological polar surface area (TPSA) is 55.6 Å². The lowest BCUT2D eigenvalue weighted by Gasteiger charge is -2.32. The number of ether oxygens (including phenoxy) is 1. The number of morpholine rings is 1. The molecule has 0 spiro atoms. The summed E-state index contributed by atoms with van der Waals surface area (Å²) in [5, 5.41) is 0. The van der Waals surface area contributed by atoms with Crippen LogP contribution in [0.1, 0.15) is 20.8 Å². The fourth-order valence-electron chi connectivity index (χ4n) is 1.85. The number of hydrogen-bond acceptors (Lipinski definition) is 4. The molecule has 96 valence electrons. The average molecular weight is 248 g/mol. The van der Waals surface area contributed by atoms with E-state index in [2.05, 4.69) is 11.8 Å². The molecular weight excluding hydrogens is 224 g/mol. The summed E-state index contributed by atoms with van der Waals surface area (Å²) >= 11 is 0. The van der Waals surface area contributed by atoms with E-state index in [0.29, 0.717) is 11.5 Å². The minimum Gasteiger partial charge on any atom is -0.375 e. The first-order valence-corrected chi connectivity index (χ1v) is 7.37. The summed E-state index contributed by atoms with van der Waals surface area (Å²) in [6.45, 7) is 9.63. The maximum Gasteiger partial charge on any atom is 0.0817 e. The minimum absolute atomic E-state index is 0.108. The summed E-state index contributed by atoms with van der Waals surface area (Å²) in [5.74, 6) is 1.15. The Hall–Kier alpha value is 0.0300. The van der Waals surface area contributed by atoms with Crippen molar-refractivity contribution >= 4 is 10.8 Å². The second kappa shape index (κ2) is 6.10. The van der Waals surface area contributed by atoms with E-state index in [9.17, 15) is 4.21 Å². The van der Waals surface area contributed by atoms with E-state index in [1.807, 2.05) is 13.8 Å². The number of nitrogens with two attached hydrogens (primary N) is 1. The van der Waals surface area contributed by atoms with E-state index >= 15 is 0 Å². The smallest absolute Gasteiger partial charge is 0.0817 e. The highest BCUT2D eigenvalue weighted by Gasteiger charge is 2.23. The van der Waals surface area contributed by atoms with Gasteiger partial charge in [-0.1, -0.05) is 6.92 Å². The van der Waals surface area contributed by atoms with E-state index in [0.717, 1.165) is 26.2 Å². The maximum atomic E-state index is 11.9. The van der Waals surface area contributed by atoms with Crippen LogP contribution < -0.4 is 5.73 Å². The van der Waals surface area contributed by atoms with Gasteiger partial charge in [-0.2, -0.15) is 0 Å². The van der Waals surface area contributed by atoms with Gasteiger partial charge in [0.15, 0.2) is 0 Å². The largest absolute Gasteiger partial charge is 0.375 e. The van der Waals surface area contributed by atoms with E-state index in [1.165, 1.54) is 0 Å². The quantitative estimate of drug-likeness (QED) is 0.755. The molecule has 0 amide bonds. The van der Waals surface area contributed by atoms with E-state index in [1.54, 1.807) is 0 Å². The molecular formula is C11H24N2O2S. The van der Waals surface area contributed by atoms with Crippen molar-refractivity contribution in [3.05, 3.63) is 0 Å². The highest BCUT2D eigenvalue weighted by atomic mass is 32.2. The molecule has 0 radical (unpaired) electrons. The van der Waals surface area contributed by atoms with Gasteiger partial charge in [-0.25, -0.2) is 0 Å². The van der Waals surface area contributed by atoms with Gasteiger partial charge in [-0.15, -0.1) is 0 Å². The van der Waals surface area contributed by atoms with Gasteiger partial charge in [0.05, 0.1) is 18.5 Å². The van der Waals surface area contributed by atoms with Crippen LogP contribution in [-0.4, -0.2) is 58.5 Å². The van der Waals surface area contributed by atoms with Crippen molar-refractivity contribution in [1.29, 1.82) is 0 Å². The molecule has 0 saturated carbocycles. The zero-order valence-corrected chi connectivity index (χ0v) is 11.4. The van der Waals surface area contributed by atoms with Crippen LogP contribution in [0.5, 0.6) is 0 Å². The Morgan fingerprint density at radius 3 is 2.81 bits per heavy atom. The first-order chi connectivity index (χ1) is 7.40. The normalized spacial score (nSPS) is 25.6. The molecule has 0 bridgehead atoms. The Kier molecular flexibility index (Phi) is 5.37. The first-order valence-electron chi connectivity index (χ1n) is 5.88. The Morgan fingerprint density at radius 2 is 2.25 bits per heavy atom. The second-order valence-corrected chi connectivity index (χ2v) is 6.63. The summed E-state index contributed by atoms with van der Waals surface area (Å²) in [5.41, 5.74) is 5.49. The van der Waals surface area contributed by atoms with Gasteiger partial charge in [0, 0.05) is 35.2 Å². The highest BCUT2D eigenvalue weighted by molar-refractivity contribution is 7.85. The van der Waals surface area contributed by atoms with Crippen LogP contribution >= 0.6 is 0 Å². The van der Waals surface area contributed by atoms with Crippen molar-refractivity contribution in [2.75, 3.05) is 37.7 Å². The first kappa shape index (κ1) is 14.1. The summed E-state index contributed by atoms with van der Waals surface area (Å²) in [4.78, 5) is 2.33. The Bertz CT molecular complexity index is 241. The van der Waals surface area contributed by atoms with Crippen molar-refractivity contribution in [3.63, 3.8) is 0 Å². The van der Waals surface area contributed by atoms with Crippen LogP contribution in [-0.2, 0) is 15.5 Å². The van der Waals surface area contributed by atoms with Gasteiger partial charge in [0.25, 0.3) is 0 Å². The SMILES string of the molecule is CCN1CCOC(CS(=O)CC(C)(C)N)C1. The van der Waals surface area contributed by atoms with Gasteiger partial charge in [0.1, 0.15) is 0 Å². The summed E-state index contributed by atoms with van der Waals surface area (Å²) in [6, 6.07) is 0. The van der Waals surface area contributed by atoms with Gasteiger partial charge in [-0.05, 0) is 20.4 Å². The summed E-state index contributed by atoms with van der Waals surface area (Å²) in [6.07, 6.45) is 0.108. The number of likely N-dealkylation sites (N-methyl/N-ethyl adjacent to an activating group) is 1. The maximum absolute atomic E-state index is 11.9. The number of rotatable bonds is 5. The molecule has 2 N–H and O–H groups in total. The van der Waals surface area contributed by atoms with Crippen LogP contribution in [0.2, 0.25) is 0 Å². The Labute approximate surface area is 101 Å². The molecule has 5 heteroatoms. The molecule has 4 nitrogen and oxygen atoms in total. The summed E-state index contributed by atoms with van der Waals surface area (Å²) < 4.78 is 17.5. The molecule has 0 aromatic heterocycles. The van der Waals surface area contributed by atoms with Crippen molar-refractivity contribution in [2.45, 2.75) is 32.4 Å². The lowest BCUT2D eigenvalue weighted by molar-refractivity contribution is -0.0141. The highest BCUT2D eigenvalue weighted by Crippen LogP contribution is 2.08. The Morgan fingerprint density at radius 1 is 1.56 bits per heavy atom. The third-order valence-electron chi connectivity index (χ3n) is 2.57.